The molecule has 0 aliphatic heterocycles. The van der Waals surface area contributed by atoms with Crippen LogP contribution in [0.15, 0.2) is 0 Å². The van der Waals surface area contributed by atoms with E-state index < -0.39 is 12.2 Å². The van der Waals surface area contributed by atoms with Gasteiger partial charge in [-0.3, -0.25) is 0 Å². The standard InChI is InChI=1S/C10H23NO2/c1-4-7-9(12)10(13)8-11(5-2)6-3/h9-10,12-13H,4-8H2,1-3H3. The highest BCUT2D eigenvalue weighted by atomic mass is 16.3. The molecule has 0 aliphatic carbocycles. The summed E-state index contributed by atoms with van der Waals surface area (Å²) in [5.74, 6) is 0. The first-order valence-electron chi connectivity index (χ1n) is 5.24. The maximum absolute atomic E-state index is 9.59. The van der Waals surface area contributed by atoms with Crippen LogP contribution in [0.1, 0.15) is 33.6 Å². The van der Waals surface area contributed by atoms with Crippen molar-refractivity contribution in [3.8, 4) is 0 Å². The molecule has 3 heteroatoms. The van der Waals surface area contributed by atoms with Gasteiger partial charge in [0.05, 0.1) is 12.2 Å². The Hall–Kier alpha value is -0.120. The molecule has 0 saturated carbocycles. The summed E-state index contributed by atoms with van der Waals surface area (Å²) in [5.41, 5.74) is 0. The van der Waals surface area contributed by atoms with E-state index in [0.29, 0.717) is 13.0 Å². The molecule has 80 valence electrons. The third-order valence-electron chi connectivity index (χ3n) is 2.37. The summed E-state index contributed by atoms with van der Waals surface area (Å²) in [7, 11) is 0. The summed E-state index contributed by atoms with van der Waals surface area (Å²) in [5, 5.41) is 19.1. The van der Waals surface area contributed by atoms with E-state index in [0.717, 1.165) is 19.5 Å². The van der Waals surface area contributed by atoms with Gasteiger partial charge in [0.2, 0.25) is 0 Å². The van der Waals surface area contributed by atoms with Gasteiger partial charge in [0, 0.05) is 6.54 Å². The quantitative estimate of drug-likeness (QED) is 0.624. The predicted octanol–water partition coefficient (Wildman–Crippen LogP) is 0.850. The predicted molar refractivity (Wildman–Crippen MR) is 54.7 cm³/mol. The van der Waals surface area contributed by atoms with Crippen LogP contribution in [0.3, 0.4) is 0 Å². The molecule has 0 heterocycles. The van der Waals surface area contributed by atoms with Crippen molar-refractivity contribution in [2.24, 2.45) is 0 Å². The molecule has 0 aromatic heterocycles. The second-order valence-corrected chi connectivity index (χ2v) is 3.41. The Morgan fingerprint density at radius 2 is 1.54 bits per heavy atom. The molecule has 0 bridgehead atoms. The van der Waals surface area contributed by atoms with Crippen LogP contribution < -0.4 is 0 Å². The Balaban J connectivity index is 3.75. The molecule has 0 spiro atoms. The minimum Gasteiger partial charge on any atom is -0.390 e. The fourth-order valence-corrected chi connectivity index (χ4v) is 1.36. The lowest BCUT2D eigenvalue weighted by Gasteiger charge is -2.24. The van der Waals surface area contributed by atoms with Crippen molar-refractivity contribution >= 4 is 0 Å². The molecule has 0 saturated heterocycles. The second-order valence-electron chi connectivity index (χ2n) is 3.41. The van der Waals surface area contributed by atoms with Gasteiger partial charge in [-0.15, -0.1) is 0 Å². The number of likely N-dealkylation sites (N-methyl/N-ethyl adjacent to an activating group) is 1. The first kappa shape index (κ1) is 12.9. The number of rotatable bonds is 7. The van der Waals surface area contributed by atoms with Gasteiger partial charge >= 0.3 is 0 Å². The van der Waals surface area contributed by atoms with Crippen LogP contribution >= 0.6 is 0 Å². The number of hydrogen-bond acceptors (Lipinski definition) is 3. The van der Waals surface area contributed by atoms with Gasteiger partial charge < -0.3 is 15.1 Å². The van der Waals surface area contributed by atoms with Gasteiger partial charge in [-0.05, 0) is 19.5 Å². The van der Waals surface area contributed by atoms with E-state index in [2.05, 4.69) is 18.7 Å². The average Bonchev–Trinajstić information content (AvgIpc) is 2.14. The van der Waals surface area contributed by atoms with Gasteiger partial charge in [0.15, 0.2) is 0 Å². The highest BCUT2D eigenvalue weighted by Crippen LogP contribution is 2.04. The second kappa shape index (κ2) is 7.30. The van der Waals surface area contributed by atoms with Crippen LogP contribution in [0.2, 0.25) is 0 Å². The van der Waals surface area contributed by atoms with Crippen molar-refractivity contribution in [3.05, 3.63) is 0 Å². The molecule has 0 amide bonds. The molecule has 0 aliphatic rings. The van der Waals surface area contributed by atoms with E-state index in [-0.39, 0.29) is 0 Å². The third-order valence-corrected chi connectivity index (χ3v) is 2.37. The lowest BCUT2D eigenvalue weighted by atomic mass is 10.1. The minimum absolute atomic E-state index is 0.564. The molecule has 13 heavy (non-hydrogen) atoms. The normalized spacial score (nSPS) is 16.2. The van der Waals surface area contributed by atoms with Gasteiger partial charge in [0.25, 0.3) is 0 Å². The molecule has 3 nitrogen and oxygen atoms in total. The Kier molecular flexibility index (Phi) is 7.23. The highest BCUT2D eigenvalue weighted by molar-refractivity contribution is 4.70. The van der Waals surface area contributed by atoms with Crippen molar-refractivity contribution < 1.29 is 10.2 Å². The Morgan fingerprint density at radius 1 is 1.00 bits per heavy atom. The summed E-state index contributed by atoms with van der Waals surface area (Å²) >= 11 is 0. The SMILES string of the molecule is CCCC(O)C(O)CN(CC)CC. The largest absolute Gasteiger partial charge is 0.390 e. The zero-order valence-electron chi connectivity index (χ0n) is 9.03. The van der Waals surface area contributed by atoms with Gasteiger partial charge in [0.1, 0.15) is 0 Å². The summed E-state index contributed by atoms with van der Waals surface area (Å²) in [6.45, 7) is 8.55. The van der Waals surface area contributed by atoms with Gasteiger partial charge in [-0.1, -0.05) is 27.2 Å². The van der Waals surface area contributed by atoms with E-state index >= 15 is 0 Å². The summed E-state index contributed by atoms with van der Waals surface area (Å²) in [4.78, 5) is 2.11. The monoisotopic (exact) mass is 189 g/mol. The van der Waals surface area contributed by atoms with Crippen LogP contribution in [0.5, 0.6) is 0 Å². The number of aliphatic hydroxyl groups excluding tert-OH is 2. The molecular formula is C10H23NO2. The topological polar surface area (TPSA) is 43.7 Å². The molecule has 2 unspecified atom stereocenters. The highest BCUT2D eigenvalue weighted by Gasteiger charge is 2.17. The minimum atomic E-state index is -0.597. The molecule has 2 atom stereocenters. The van der Waals surface area contributed by atoms with E-state index in [4.69, 9.17) is 0 Å². The fourth-order valence-electron chi connectivity index (χ4n) is 1.36. The summed E-state index contributed by atoms with van der Waals surface area (Å²) in [6, 6.07) is 0. The summed E-state index contributed by atoms with van der Waals surface area (Å²) in [6.07, 6.45) is 0.435. The first-order valence-corrected chi connectivity index (χ1v) is 5.24. The molecule has 0 fully saturated rings. The van der Waals surface area contributed by atoms with Gasteiger partial charge in [-0.2, -0.15) is 0 Å². The number of nitrogens with zero attached hydrogens (tertiary/aromatic N) is 1. The van der Waals surface area contributed by atoms with E-state index in [1.54, 1.807) is 0 Å². The van der Waals surface area contributed by atoms with Crippen molar-refractivity contribution in [3.63, 3.8) is 0 Å². The smallest absolute Gasteiger partial charge is 0.0925 e. The molecule has 0 radical (unpaired) electrons. The maximum Gasteiger partial charge on any atom is 0.0925 e. The molecule has 2 N–H and O–H groups in total. The Morgan fingerprint density at radius 3 is 1.92 bits per heavy atom. The summed E-state index contributed by atoms with van der Waals surface area (Å²) < 4.78 is 0. The zero-order valence-corrected chi connectivity index (χ0v) is 9.03. The van der Waals surface area contributed by atoms with Crippen molar-refractivity contribution in [2.45, 2.75) is 45.8 Å². The van der Waals surface area contributed by atoms with E-state index in [9.17, 15) is 10.2 Å². The number of aliphatic hydroxyl groups is 2. The van der Waals surface area contributed by atoms with Crippen LogP contribution in [-0.2, 0) is 0 Å². The molecule has 0 rings (SSSR count). The van der Waals surface area contributed by atoms with Crippen molar-refractivity contribution in [2.75, 3.05) is 19.6 Å². The van der Waals surface area contributed by atoms with E-state index in [1.165, 1.54) is 0 Å². The third kappa shape index (κ3) is 5.24. The zero-order chi connectivity index (χ0) is 10.3. The van der Waals surface area contributed by atoms with Crippen molar-refractivity contribution in [1.82, 2.24) is 4.90 Å². The lowest BCUT2D eigenvalue weighted by Crippen LogP contribution is -2.39. The molecule has 0 aromatic carbocycles. The fraction of sp³-hybridized carbons (Fsp3) is 1.00. The first-order chi connectivity index (χ1) is 6.15. The van der Waals surface area contributed by atoms with E-state index in [1.807, 2.05) is 6.92 Å². The van der Waals surface area contributed by atoms with Gasteiger partial charge in [-0.25, -0.2) is 0 Å². The number of hydrogen-bond donors (Lipinski definition) is 2. The van der Waals surface area contributed by atoms with Crippen molar-refractivity contribution in [1.29, 1.82) is 0 Å². The Bertz CT molecular complexity index is 115. The lowest BCUT2D eigenvalue weighted by molar-refractivity contribution is -0.00497. The van der Waals surface area contributed by atoms with Crippen LogP contribution in [-0.4, -0.2) is 47.0 Å². The molecular weight excluding hydrogens is 166 g/mol. The molecule has 0 aromatic rings. The van der Waals surface area contributed by atoms with Crippen LogP contribution in [0.4, 0.5) is 0 Å². The maximum atomic E-state index is 9.59. The Labute approximate surface area is 81.4 Å². The van der Waals surface area contributed by atoms with Crippen LogP contribution in [0, 0.1) is 0 Å². The van der Waals surface area contributed by atoms with Crippen LogP contribution in [0.25, 0.3) is 0 Å². The average molecular weight is 189 g/mol.